The first-order chi connectivity index (χ1) is 18.3. The molecule has 0 spiro atoms. The summed E-state index contributed by atoms with van der Waals surface area (Å²) in [7, 11) is 0. The summed E-state index contributed by atoms with van der Waals surface area (Å²) in [5, 5.41) is 20.5. The summed E-state index contributed by atoms with van der Waals surface area (Å²) in [6.07, 6.45) is 17.1. The Hall–Kier alpha value is -1.82. The highest BCUT2D eigenvalue weighted by atomic mass is 16.3. The van der Waals surface area contributed by atoms with Gasteiger partial charge in [-0.25, -0.2) is 0 Å². The lowest BCUT2D eigenvalue weighted by molar-refractivity contribution is -0.136. The van der Waals surface area contributed by atoms with Gasteiger partial charge in [0.05, 0.1) is 17.6 Å². The first-order valence-corrected chi connectivity index (χ1v) is 15.3. The second kappa shape index (κ2) is 12.8. The van der Waals surface area contributed by atoms with Crippen LogP contribution in [0.15, 0.2) is 47.6 Å². The molecule has 39 heavy (non-hydrogen) atoms. The fraction of sp³-hybridized carbons (Fsp3) is 0.706. The van der Waals surface area contributed by atoms with Gasteiger partial charge in [-0.2, -0.15) is 0 Å². The number of Topliss-reactive ketones (excluding diaryl/α,β-unsaturated/α-hetero) is 1. The third-order valence-electron chi connectivity index (χ3n) is 10.4. The van der Waals surface area contributed by atoms with Crippen molar-refractivity contribution in [2.24, 2.45) is 28.4 Å². The molecule has 0 aromatic heterocycles. The molecule has 3 aliphatic carbocycles. The van der Waals surface area contributed by atoms with E-state index >= 15 is 0 Å². The molecule has 0 bridgehead atoms. The Labute approximate surface area is 236 Å². The predicted molar refractivity (Wildman–Crippen MR) is 159 cm³/mol. The highest BCUT2D eigenvalue weighted by Crippen LogP contribution is 2.60. The van der Waals surface area contributed by atoms with E-state index in [4.69, 9.17) is 5.73 Å². The molecule has 0 aromatic carbocycles. The van der Waals surface area contributed by atoms with E-state index in [-0.39, 0.29) is 22.9 Å². The van der Waals surface area contributed by atoms with Crippen LogP contribution < -0.4 is 5.73 Å². The van der Waals surface area contributed by atoms with E-state index in [1.807, 2.05) is 6.08 Å². The molecule has 4 N–H and O–H groups in total. The minimum atomic E-state index is -0.986. The number of unbranched alkanes of at least 4 members (excludes halogenated alkanes) is 3. The maximum Gasteiger partial charge on any atom is 0.168 e. The Bertz CT molecular complexity index is 1000. The van der Waals surface area contributed by atoms with Crippen molar-refractivity contribution in [3.63, 3.8) is 0 Å². The summed E-state index contributed by atoms with van der Waals surface area (Å²) in [6.45, 7) is 14.0. The van der Waals surface area contributed by atoms with Crippen molar-refractivity contribution < 1.29 is 19.8 Å². The van der Waals surface area contributed by atoms with Crippen LogP contribution in [-0.4, -0.2) is 39.5 Å². The van der Waals surface area contributed by atoms with Gasteiger partial charge in [0.25, 0.3) is 0 Å². The molecule has 0 aliphatic heterocycles. The van der Waals surface area contributed by atoms with Crippen LogP contribution in [0.2, 0.25) is 0 Å². The molecule has 3 saturated carbocycles. The van der Waals surface area contributed by atoms with Crippen molar-refractivity contribution >= 4 is 11.6 Å². The number of rotatable bonds is 11. The van der Waals surface area contributed by atoms with Crippen molar-refractivity contribution in [1.82, 2.24) is 0 Å². The molecule has 0 heterocycles. The van der Waals surface area contributed by atoms with Gasteiger partial charge in [-0.1, -0.05) is 70.4 Å². The fourth-order valence-corrected chi connectivity index (χ4v) is 7.36. The first-order valence-electron chi connectivity index (χ1n) is 15.3. The normalized spacial score (nSPS) is 34.6. The summed E-state index contributed by atoms with van der Waals surface area (Å²) < 4.78 is 0. The number of nitrogens with two attached hydrogens (primary N) is 1. The molecule has 3 rings (SSSR count). The Balaban J connectivity index is 1.71. The molecule has 3 unspecified atom stereocenters. The lowest BCUT2D eigenvalue weighted by atomic mass is 9.57. The van der Waals surface area contributed by atoms with Crippen LogP contribution in [0.25, 0.3) is 0 Å². The van der Waals surface area contributed by atoms with E-state index in [0.29, 0.717) is 30.8 Å². The van der Waals surface area contributed by atoms with Gasteiger partial charge in [-0.3, -0.25) is 9.59 Å². The largest absolute Gasteiger partial charge is 0.388 e. The van der Waals surface area contributed by atoms with Gasteiger partial charge < -0.3 is 15.9 Å². The van der Waals surface area contributed by atoms with E-state index in [1.165, 1.54) is 5.57 Å². The number of allylic oxidation sites excluding steroid dienone is 4. The number of fused-ring (bicyclic) bond motifs is 1. The summed E-state index contributed by atoms with van der Waals surface area (Å²) in [4.78, 5) is 25.9. The number of hydrogen-bond acceptors (Lipinski definition) is 5. The smallest absolute Gasteiger partial charge is 0.168 e. The van der Waals surface area contributed by atoms with Gasteiger partial charge in [0.2, 0.25) is 0 Å². The quantitative estimate of drug-likeness (QED) is 0.120. The monoisotopic (exact) mass is 539 g/mol. The van der Waals surface area contributed by atoms with Crippen molar-refractivity contribution in [2.75, 3.05) is 0 Å². The second-order valence-corrected chi connectivity index (χ2v) is 13.4. The van der Waals surface area contributed by atoms with E-state index in [1.54, 1.807) is 19.9 Å². The van der Waals surface area contributed by atoms with Crippen LogP contribution >= 0.6 is 0 Å². The summed E-state index contributed by atoms with van der Waals surface area (Å²) in [5.41, 5.74) is 8.54. The Morgan fingerprint density at radius 3 is 2.44 bits per heavy atom. The highest BCUT2D eigenvalue weighted by Gasteiger charge is 2.58. The van der Waals surface area contributed by atoms with Gasteiger partial charge in [-0.15, -0.1) is 0 Å². The zero-order valence-electron chi connectivity index (χ0n) is 25.1. The Morgan fingerprint density at radius 2 is 1.79 bits per heavy atom. The van der Waals surface area contributed by atoms with Crippen LogP contribution in [-0.2, 0) is 9.59 Å². The predicted octanol–water partition coefficient (Wildman–Crippen LogP) is 6.54. The maximum atomic E-state index is 13.1. The fourth-order valence-electron chi connectivity index (χ4n) is 7.36. The van der Waals surface area contributed by atoms with E-state index in [0.717, 1.165) is 63.4 Å². The van der Waals surface area contributed by atoms with Gasteiger partial charge in [0.15, 0.2) is 5.78 Å². The molecular formula is C34H53NO4. The van der Waals surface area contributed by atoms with Gasteiger partial charge in [0, 0.05) is 12.0 Å². The number of carbonyl (C=O) groups is 2. The standard InChI is InChI=1S/C34H53NO4/c1-7-8-9-10-13-30(38)32(4,5)31(39)17-14-23(2)27-18-20-34(35)26(12-11-19-33(27,34)6)16-15-25-21-28(36)24(3)29(37)22-25/h14-17,23,27-29,36-37H,3,7-13,18-22,35H2,1-2,4-6H3/b17-14+,25-15?,26-16+/t23-,27?,28-,29?,33?,34-/m1/s1. The molecule has 3 aliphatic rings. The highest BCUT2D eigenvalue weighted by molar-refractivity contribution is 6.10. The van der Waals surface area contributed by atoms with E-state index < -0.39 is 23.2 Å². The molecule has 6 atom stereocenters. The average molecular weight is 540 g/mol. The second-order valence-electron chi connectivity index (χ2n) is 13.4. The summed E-state index contributed by atoms with van der Waals surface area (Å²) >= 11 is 0. The molecule has 5 nitrogen and oxygen atoms in total. The number of ketones is 2. The maximum absolute atomic E-state index is 13.1. The Morgan fingerprint density at radius 1 is 1.13 bits per heavy atom. The molecule has 218 valence electrons. The summed E-state index contributed by atoms with van der Waals surface area (Å²) in [5.74, 6) is 0.449. The molecule has 0 aromatic rings. The lowest BCUT2D eigenvalue weighted by Crippen LogP contribution is -2.56. The zero-order valence-corrected chi connectivity index (χ0v) is 25.1. The van der Waals surface area contributed by atoms with Gasteiger partial charge >= 0.3 is 0 Å². The third kappa shape index (κ3) is 6.57. The number of aliphatic hydroxyl groups is 2. The van der Waals surface area contributed by atoms with Crippen molar-refractivity contribution in [3.8, 4) is 0 Å². The molecule has 3 fully saturated rings. The first kappa shape index (κ1) is 31.7. The van der Waals surface area contributed by atoms with E-state index in [2.05, 4.69) is 39.5 Å². The SMILES string of the molecule is C=C1C(O)CC(=C/C=C2\CCCC3(C)C([C@H](C)/C=C/C(=O)C(C)(C)C(=O)CCCCCC)CC[C@@]23N)C[C@H]1O. The minimum Gasteiger partial charge on any atom is -0.388 e. The van der Waals surface area contributed by atoms with Gasteiger partial charge in [-0.05, 0) is 99.7 Å². The molecular weight excluding hydrogens is 486 g/mol. The van der Waals surface area contributed by atoms with Crippen LogP contribution in [0.5, 0.6) is 0 Å². The zero-order chi connectivity index (χ0) is 29.0. The van der Waals surface area contributed by atoms with Crippen molar-refractivity contribution in [3.05, 3.63) is 47.6 Å². The number of carbonyl (C=O) groups excluding carboxylic acids is 2. The van der Waals surface area contributed by atoms with Crippen LogP contribution in [0.3, 0.4) is 0 Å². The van der Waals surface area contributed by atoms with Gasteiger partial charge in [0.1, 0.15) is 5.78 Å². The third-order valence-corrected chi connectivity index (χ3v) is 10.4. The van der Waals surface area contributed by atoms with Crippen LogP contribution in [0, 0.1) is 22.7 Å². The number of hydrogen-bond donors (Lipinski definition) is 3. The summed E-state index contributed by atoms with van der Waals surface area (Å²) in [6, 6.07) is 0. The molecule has 5 heteroatoms. The van der Waals surface area contributed by atoms with E-state index in [9.17, 15) is 19.8 Å². The van der Waals surface area contributed by atoms with Crippen LogP contribution in [0.4, 0.5) is 0 Å². The topological polar surface area (TPSA) is 101 Å². The van der Waals surface area contributed by atoms with Crippen molar-refractivity contribution in [1.29, 1.82) is 0 Å². The molecule has 0 amide bonds. The molecule has 0 radical (unpaired) electrons. The lowest BCUT2D eigenvalue weighted by Gasteiger charge is -2.50. The van der Waals surface area contributed by atoms with Crippen LogP contribution in [0.1, 0.15) is 112 Å². The molecule has 0 saturated heterocycles. The Kier molecular flexibility index (Phi) is 10.4. The number of aliphatic hydroxyl groups excluding tert-OH is 2. The average Bonchev–Trinajstić information content (AvgIpc) is 3.17. The minimum absolute atomic E-state index is 0.0354. The van der Waals surface area contributed by atoms with Crippen molar-refractivity contribution in [2.45, 2.75) is 129 Å².